The van der Waals surface area contributed by atoms with Crippen molar-refractivity contribution in [1.29, 1.82) is 0 Å². The zero-order valence-electron chi connectivity index (χ0n) is 8.67. The summed E-state index contributed by atoms with van der Waals surface area (Å²) in [5, 5.41) is 1.92. The van der Waals surface area contributed by atoms with Crippen molar-refractivity contribution in [1.82, 2.24) is 4.98 Å². The molecule has 16 heavy (non-hydrogen) atoms. The van der Waals surface area contributed by atoms with E-state index < -0.39 is 6.04 Å². The maximum atomic E-state index is 11.9. The number of hydrogen-bond donors (Lipinski definition) is 1. The maximum Gasteiger partial charge on any atom is 0.160 e. The largest absolute Gasteiger partial charge is 0.317 e. The van der Waals surface area contributed by atoms with E-state index >= 15 is 0 Å². The molecule has 82 valence electrons. The van der Waals surface area contributed by atoms with E-state index in [1.54, 1.807) is 6.20 Å². The van der Waals surface area contributed by atoms with E-state index in [0.29, 0.717) is 6.42 Å². The minimum atomic E-state index is -0.526. The van der Waals surface area contributed by atoms with E-state index in [4.69, 9.17) is 5.73 Å². The molecule has 0 bridgehead atoms. The van der Waals surface area contributed by atoms with Gasteiger partial charge >= 0.3 is 0 Å². The van der Waals surface area contributed by atoms with Crippen LogP contribution < -0.4 is 5.73 Å². The second-order valence-electron chi connectivity index (χ2n) is 3.46. The van der Waals surface area contributed by atoms with E-state index in [-0.39, 0.29) is 5.78 Å². The van der Waals surface area contributed by atoms with E-state index in [1.165, 1.54) is 11.3 Å². The summed E-state index contributed by atoms with van der Waals surface area (Å²) in [5.41, 5.74) is 6.63. The summed E-state index contributed by atoms with van der Waals surface area (Å²) in [4.78, 5) is 16.9. The van der Waals surface area contributed by atoms with Gasteiger partial charge in [-0.1, -0.05) is 12.1 Å². The lowest BCUT2D eigenvalue weighted by atomic mass is 10.1. The number of carbonyl (C=O) groups excluding carboxylic acids is 1. The van der Waals surface area contributed by atoms with Crippen LogP contribution in [0.15, 0.2) is 41.9 Å². The summed E-state index contributed by atoms with van der Waals surface area (Å²) in [6.07, 6.45) is 1.97. The van der Waals surface area contributed by atoms with Gasteiger partial charge in [-0.05, 0) is 23.6 Å². The third kappa shape index (κ3) is 2.53. The number of ketones is 1. The van der Waals surface area contributed by atoms with Crippen LogP contribution in [0.1, 0.15) is 16.6 Å². The first-order chi connectivity index (χ1) is 7.77. The molecule has 0 aliphatic heterocycles. The molecular weight excluding hydrogens is 220 g/mol. The predicted molar refractivity (Wildman–Crippen MR) is 64.2 cm³/mol. The van der Waals surface area contributed by atoms with Gasteiger partial charge in [0.25, 0.3) is 0 Å². The van der Waals surface area contributed by atoms with Crippen LogP contribution in [-0.4, -0.2) is 10.8 Å². The summed E-state index contributed by atoms with van der Waals surface area (Å²) >= 11 is 1.50. The molecule has 0 saturated heterocycles. The van der Waals surface area contributed by atoms with Gasteiger partial charge in [-0.2, -0.15) is 0 Å². The van der Waals surface area contributed by atoms with Crippen LogP contribution in [0, 0.1) is 0 Å². The average Bonchev–Trinajstić information content (AvgIpc) is 2.83. The van der Waals surface area contributed by atoms with Crippen LogP contribution in [0.2, 0.25) is 0 Å². The molecule has 0 saturated carbocycles. The van der Waals surface area contributed by atoms with Gasteiger partial charge < -0.3 is 5.73 Å². The van der Waals surface area contributed by atoms with Crippen LogP contribution in [0.4, 0.5) is 0 Å². The van der Waals surface area contributed by atoms with Gasteiger partial charge in [0.05, 0.1) is 12.5 Å². The minimum absolute atomic E-state index is 0.00106. The number of hydrogen-bond acceptors (Lipinski definition) is 4. The lowest BCUT2D eigenvalue weighted by Gasteiger charge is -2.07. The highest BCUT2D eigenvalue weighted by Gasteiger charge is 2.17. The van der Waals surface area contributed by atoms with Crippen molar-refractivity contribution in [3.63, 3.8) is 0 Å². The topological polar surface area (TPSA) is 56.0 Å². The molecule has 0 aromatic carbocycles. The van der Waals surface area contributed by atoms with Crippen molar-refractivity contribution in [3.8, 4) is 0 Å². The van der Waals surface area contributed by atoms with Crippen molar-refractivity contribution in [2.45, 2.75) is 12.5 Å². The molecule has 0 aliphatic rings. The second-order valence-corrected chi connectivity index (χ2v) is 4.44. The second kappa shape index (κ2) is 5.01. The number of nitrogens with two attached hydrogens (primary N) is 1. The molecule has 4 heteroatoms. The first kappa shape index (κ1) is 11.0. The first-order valence-corrected chi connectivity index (χ1v) is 5.87. The first-order valence-electron chi connectivity index (χ1n) is 4.99. The fraction of sp³-hybridized carbons (Fsp3) is 0.167. The predicted octanol–water partition coefficient (Wildman–Crippen LogP) is 1.95. The van der Waals surface area contributed by atoms with Crippen LogP contribution in [0.5, 0.6) is 0 Å². The molecular formula is C12H12N2OS. The highest BCUT2D eigenvalue weighted by molar-refractivity contribution is 7.10. The maximum absolute atomic E-state index is 11.9. The Morgan fingerprint density at radius 2 is 2.25 bits per heavy atom. The number of Topliss-reactive ketones (excluding diaryl/α,β-unsaturated/α-hetero) is 1. The van der Waals surface area contributed by atoms with Crippen LogP contribution in [0.3, 0.4) is 0 Å². The van der Waals surface area contributed by atoms with E-state index in [9.17, 15) is 4.79 Å². The standard InChI is InChI=1S/C12H12N2OS/c13-12(11-5-3-7-16-11)10(15)8-9-4-1-2-6-14-9/h1-7,12H,8,13H2. The Labute approximate surface area is 97.9 Å². The van der Waals surface area contributed by atoms with Crippen molar-refractivity contribution in [3.05, 3.63) is 52.5 Å². The third-order valence-electron chi connectivity index (χ3n) is 2.28. The third-order valence-corrected chi connectivity index (χ3v) is 3.23. The van der Waals surface area contributed by atoms with Crippen molar-refractivity contribution < 1.29 is 4.79 Å². The van der Waals surface area contributed by atoms with E-state index in [2.05, 4.69) is 4.98 Å². The van der Waals surface area contributed by atoms with Crippen molar-refractivity contribution in [2.75, 3.05) is 0 Å². The molecule has 1 unspecified atom stereocenters. The average molecular weight is 232 g/mol. The van der Waals surface area contributed by atoms with E-state index in [1.807, 2.05) is 35.7 Å². The Balaban J connectivity index is 2.04. The highest BCUT2D eigenvalue weighted by atomic mass is 32.1. The molecule has 0 spiro atoms. The normalized spacial score (nSPS) is 12.3. The zero-order chi connectivity index (χ0) is 11.4. The molecule has 2 rings (SSSR count). The minimum Gasteiger partial charge on any atom is -0.317 e. The lowest BCUT2D eigenvalue weighted by Crippen LogP contribution is -2.22. The zero-order valence-corrected chi connectivity index (χ0v) is 9.48. The number of rotatable bonds is 4. The summed E-state index contributed by atoms with van der Waals surface area (Å²) in [6, 6.07) is 8.78. The smallest absolute Gasteiger partial charge is 0.160 e. The molecule has 2 aromatic rings. The number of thiophene rings is 1. The van der Waals surface area contributed by atoms with E-state index in [0.717, 1.165) is 10.6 Å². The van der Waals surface area contributed by atoms with Crippen LogP contribution in [-0.2, 0) is 11.2 Å². The molecule has 1 atom stereocenters. The van der Waals surface area contributed by atoms with Crippen LogP contribution in [0.25, 0.3) is 0 Å². The van der Waals surface area contributed by atoms with Gasteiger partial charge in [-0.3, -0.25) is 9.78 Å². The highest BCUT2D eigenvalue weighted by Crippen LogP contribution is 2.18. The molecule has 0 fully saturated rings. The van der Waals surface area contributed by atoms with Gasteiger partial charge in [-0.25, -0.2) is 0 Å². The molecule has 2 heterocycles. The SMILES string of the molecule is NC(C(=O)Cc1ccccn1)c1cccs1. The Kier molecular flexibility index (Phi) is 3.44. The monoisotopic (exact) mass is 232 g/mol. The quantitative estimate of drug-likeness (QED) is 0.876. The van der Waals surface area contributed by atoms with Crippen molar-refractivity contribution in [2.24, 2.45) is 5.73 Å². The number of carbonyl (C=O) groups is 1. The van der Waals surface area contributed by atoms with Gasteiger partial charge in [0.15, 0.2) is 5.78 Å². The van der Waals surface area contributed by atoms with Gasteiger partial charge in [0.2, 0.25) is 0 Å². The molecule has 3 nitrogen and oxygen atoms in total. The van der Waals surface area contributed by atoms with Crippen LogP contribution >= 0.6 is 11.3 Å². The fourth-order valence-electron chi connectivity index (χ4n) is 1.42. The Morgan fingerprint density at radius 3 is 2.88 bits per heavy atom. The summed E-state index contributed by atoms with van der Waals surface area (Å²) < 4.78 is 0. The summed E-state index contributed by atoms with van der Waals surface area (Å²) in [6.45, 7) is 0. The Bertz CT molecular complexity index is 453. The van der Waals surface area contributed by atoms with Gasteiger partial charge in [-0.15, -0.1) is 11.3 Å². The summed E-state index contributed by atoms with van der Waals surface area (Å²) in [7, 11) is 0. The molecule has 0 aliphatic carbocycles. The molecule has 0 radical (unpaired) electrons. The van der Waals surface area contributed by atoms with Gasteiger partial charge in [0.1, 0.15) is 0 Å². The fourth-order valence-corrected chi connectivity index (χ4v) is 2.17. The molecule has 2 N–H and O–H groups in total. The van der Waals surface area contributed by atoms with Gasteiger partial charge in [0, 0.05) is 16.8 Å². The van der Waals surface area contributed by atoms with Crippen molar-refractivity contribution >= 4 is 17.1 Å². The lowest BCUT2D eigenvalue weighted by molar-refractivity contribution is -0.119. The Morgan fingerprint density at radius 1 is 1.38 bits per heavy atom. The molecule has 2 aromatic heterocycles. The number of nitrogens with zero attached hydrogens (tertiary/aromatic N) is 1. The summed E-state index contributed by atoms with van der Waals surface area (Å²) in [5.74, 6) is 0.00106. The number of aromatic nitrogens is 1. The molecule has 0 amide bonds. The number of pyridine rings is 1. The Hall–Kier alpha value is -1.52.